The lowest BCUT2D eigenvalue weighted by molar-refractivity contribution is -0.121. The summed E-state index contributed by atoms with van der Waals surface area (Å²) in [6.45, 7) is 3.60. The molecule has 0 aliphatic carbocycles. The Morgan fingerprint density at radius 3 is 2.25 bits per heavy atom. The number of hydrogen-bond acceptors (Lipinski definition) is 2. The van der Waals surface area contributed by atoms with E-state index in [2.05, 4.69) is 5.32 Å². The molecule has 110 valence electrons. The zero-order valence-electron chi connectivity index (χ0n) is 12.0. The molecule has 0 aromatic heterocycles. The predicted octanol–water partition coefficient (Wildman–Crippen LogP) is 2.90. The molecule has 6 heteroatoms. The second-order valence-electron chi connectivity index (χ2n) is 4.71. The molecule has 1 aromatic carbocycles. The molecule has 0 unspecified atom stereocenters. The van der Waals surface area contributed by atoms with E-state index in [1.54, 1.807) is 33.2 Å². The Morgan fingerprint density at radius 2 is 1.80 bits per heavy atom. The van der Waals surface area contributed by atoms with Crippen LogP contribution in [0.1, 0.15) is 29.3 Å². The average Bonchev–Trinajstić information content (AvgIpc) is 2.42. The van der Waals surface area contributed by atoms with Gasteiger partial charge in [0.2, 0.25) is 5.91 Å². The van der Waals surface area contributed by atoms with Crippen molar-refractivity contribution in [1.29, 1.82) is 0 Å². The molecule has 4 nitrogen and oxygen atoms in total. The van der Waals surface area contributed by atoms with E-state index in [1.807, 2.05) is 6.92 Å². The van der Waals surface area contributed by atoms with E-state index >= 15 is 0 Å². The first-order valence-electron chi connectivity index (χ1n) is 6.21. The molecule has 0 aliphatic rings. The molecule has 1 aromatic rings. The molecular formula is C14H18Cl2N2O2. The van der Waals surface area contributed by atoms with Crippen molar-refractivity contribution in [3.63, 3.8) is 0 Å². The first kappa shape index (κ1) is 16.8. The van der Waals surface area contributed by atoms with E-state index < -0.39 is 0 Å². The van der Waals surface area contributed by atoms with Gasteiger partial charge < -0.3 is 10.2 Å². The summed E-state index contributed by atoms with van der Waals surface area (Å²) in [5.41, 5.74) is 1.16. The quantitative estimate of drug-likeness (QED) is 0.928. The van der Waals surface area contributed by atoms with Crippen molar-refractivity contribution in [2.24, 2.45) is 0 Å². The maximum Gasteiger partial charge on any atom is 0.253 e. The molecule has 20 heavy (non-hydrogen) atoms. The molecular weight excluding hydrogens is 299 g/mol. The van der Waals surface area contributed by atoms with E-state index in [9.17, 15) is 9.59 Å². The third kappa shape index (κ3) is 3.87. The van der Waals surface area contributed by atoms with Gasteiger partial charge in [-0.15, -0.1) is 0 Å². The van der Waals surface area contributed by atoms with Gasteiger partial charge in [0.1, 0.15) is 0 Å². The number of halogens is 2. The van der Waals surface area contributed by atoms with Gasteiger partial charge in [-0.3, -0.25) is 9.59 Å². The van der Waals surface area contributed by atoms with Gasteiger partial charge in [0, 0.05) is 42.2 Å². The van der Waals surface area contributed by atoms with Crippen LogP contribution in [0.25, 0.3) is 0 Å². The molecule has 0 radical (unpaired) electrons. The first-order valence-corrected chi connectivity index (χ1v) is 6.97. The molecule has 0 saturated heterocycles. The fourth-order valence-corrected chi connectivity index (χ4v) is 2.17. The number of carbonyl (C=O) groups is 2. The van der Waals surface area contributed by atoms with Crippen LogP contribution in [0.2, 0.25) is 10.0 Å². The van der Waals surface area contributed by atoms with Gasteiger partial charge in [-0.25, -0.2) is 0 Å². The number of rotatable bonds is 4. The van der Waals surface area contributed by atoms with Crippen LogP contribution in [0.4, 0.5) is 0 Å². The number of nitrogens with one attached hydrogen (secondary N) is 1. The summed E-state index contributed by atoms with van der Waals surface area (Å²) in [4.78, 5) is 25.2. The highest BCUT2D eigenvalue weighted by Gasteiger charge is 2.20. The lowest BCUT2D eigenvalue weighted by Crippen LogP contribution is -2.38. The lowest BCUT2D eigenvalue weighted by atomic mass is 10.1. The summed E-state index contributed by atoms with van der Waals surface area (Å²) >= 11 is 12.1. The van der Waals surface area contributed by atoms with E-state index in [0.717, 1.165) is 5.56 Å². The van der Waals surface area contributed by atoms with E-state index in [4.69, 9.17) is 23.2 Å². The Kier molecular flexibility index (Phi) is 5.84. The van der Waals surface area contributed by atoms with Gasteiger partial charge in [-0.2, -0.15) is 0 Å². The number of benzene rings is 1. The van der Waals surface area contributed by atoms with Crippen molar-refractivity contribution >= 4 is 35.0 Å². The highest BCUT2D eigenvalue weighted by atomic mass is 35.5. The molecule has 1 N–H and O–H groups in total. The minimum absolute atomic E-state index is 0.114. The van der Waals surface area contributed by atoms with Crippen LogP contribution < -0.4 is 5.32 Å². The summed E-state index contributed by atoms with van der Waals surface area (Å²) in [5.74, 6) is -0.331. The number of hydrogen-bond donors (Lipinski definition) is 1. The number of carbonyl (C=O) groups excluding carboxylic acids is 2. The van der Waals surface area contributed by atoms with Crippen LogP contribution >= 0.6 is 23.2 Å². The molecule has 0 spiro atoms. The Labute approximate surface area is 129 Å². The maximum atomic E-state index is 12.3. The van der Waals surface area contributed by atoms with Crippen molar-refractivity contribution in [2.45, 2.75) is 26.3 Å². The molecule has 2 amide bonds. The topological polar surface area (TPSA) is 49.4 Å². The van der Waals surface area contributed by atoms with E-state index in [0.29, 0.717) is 15.6 Å². The minimum Gasteiger partial charge on any atom is -0.359 e. The van der Waals surface area contributed by atoms with E-state index in [-0.39, 0.29) is 24.3 Å². The summed E-state index contributed by atoms with van der Waals surface area (Å²) in [6.07, 6.45) is 0.242. The summed E-state index contributed by atoms with van der Waals surface area (Å²) in [6, 6.07) is 2.96. The molecule has 0 aliphatic heterocycles. The third-order valence-electron chi connectivity index (χ3n) is 3.27. The number of amides is 2. The van der Waals surface area contributed by atoms with Crippen molar-refractivity contribution in [1.82, 2.24) is 10.2 Å². The van der Waals surface area contributed by atoms with Crippen LogP contribution in [0.5, 0.6) is 0 Å². The van der Waals surface area contributed by atoms with Gasteiger partial charge >= 0.3 is 0 Å². The fourth-order valence-electron chi connectivity index (χ4n) is 1.68. The highest BCUT2D eigenvalue weighted by molar-refractivity contribution is 6.36. The second kappa shape index (κ2) is 6.95. The first-order chi connectivity index (χ1) is 9.27. The van der Waals surface area contributed by atoms with Crippen molar-refractivity contribution < 1.29 is 9.59 Å². The monoisotopic (exact) mass is 316 g/mol. The smallest absolute Gasteiger partial charge is 0.253 e. The zero-order valence-corrected chi connectivity index (χ0v) is 13.5. The minimum atomic E-state index is -0.221. The molecule has 0 heterocycles. The molecule has 1 atom stereocenters. The Morgan fingerprint density at radius 1 is 1.30 bits per heavy atom. The van der Waals surface area contributed by atoms with Gasteiger partial charge in [0.05, 0.1) is 0 Å². The number of nitrogens with zero attached hydrogens (tertiary/aromatic N) is 1. The lowest BCUT2D eigenvalue weighted by Gasteiger charge is -2.24. The largest absolute Gasteiger partial charge is 0.359 e. The van der Waals surface area contributed by atoms with Gasteiger partial charge in [0.15, 0.2) is 0 Å². The standard InChI is InChI=1S/C14H18Cl2N2O2/c1-8(5-13(19)17-3)18(4)14(20)10-6-11(15)9(2)12(16)7-10/h6-8H,5H2,1-4H3,(H,17,19)/t8-/m0/s1. The van der Waals surface area contributed by atoms with Crippen LogP contribution in [0, 0.1) is 6.92 Å². The van der Waals surface area contributed by atoms with Crippen molar-refractivity contribution in [3.8, 4) is 0 Å². The van der Waals surface area contributed by atoms with E-state index in [1.165, 1.54) is 4.90 Å². The summed E-state index contributed by atoms with van der Waals surface area (Å²) in [7, 11) is 3.22. The summed E-state index contributed by atoms with van der Waals surface area (Å²) < 4.78 is 0. The predicted molar refractivity (Wildman–Crippen MR) is 81.4 cm³/mol. The SMILES string of the molecule is CNC(=O)C[C@H](C)N(C)C(=O)c1cc(Cl)c(C)c(Cl)c1. The molecule has 1 rings (SSSR count). The maximum absolute atomic E-state index is 12.3. The zero-order chi connectivity index (χ0) is 15.4. The van der Waals surface area contributed by atoms with Gasteiger partial charge in [-0.05, 0) is 31.5 Å². The average molecular weight is 317 g/mol. The molecule has 0 saturated carbocycles. The van der Waals surface area contributed by atoms with Gasteiger partial charge in [0.25, 0.3) is 5.91 Å². The van der Waals surface area contributed by atoms with Crippen LogP contribution in [-0.2, 0) is 4.79 Å². The van der Waals surface area contributed by atoms with Gasteiger partial charge in [-0.1, -0.05) is 23.2 Å². The van der Waals surface area contributed by atoms with Crippen molar-refractivity contribution in [2.75, 3.05) is 14.1 Å². The molecule has 0 bridgehead atoms. The normalized spacial score (nSPS) is 11.9. The Hall–Kier alpha value is -1.26. The van der Waals surface area contributed by atoms with Crippen molar-refractivity contribution in [3.05, 3.63) is 33.3 Å². The third-order valence-corrected chi connectivity index (χ3v) is 4.05. The molecule has 0 fully saturated rings. The highest BCUT2D eigenvalue weighted by Crippen LogP contribution is 2.26. The Balaban J connectivity index is 2.92. The fraction of sp³-hybridized carbons (Fsp3) is 0.429. The van der Waals surface area contributed by atoms with Crippen LogP contribution in [0.15, 0.2) is 12.1 Å². The second-order valence-corrected chi connectivity index (χ2v) is 5.52. The van der Waals surface area contributed by atoms with Crippen LogP contribution in [-0.4, -0.2) is 36.9 Å². The Bertz CT molecular complexity index is 509. The summed E-state index contributed by atoms with van der Waals surface area (Å²) in [5, 5.41) is 3.44. The van der Waals surface area contributed by atoms with Crippen LogP contribution in [0.3, 0.4) is 0 Å².